The lowest BCUT2D eigenvalue weighted by atomic mass is 10.2. The highest BCUT2D eigenvalue weighted by molar-refractivity contribution is 7.89. The SMILES string of the molecule is CC(OC(=O)c1cc(S(=O)(=O)N2CCCC2)ccc1Cl)C(=O)Nc1cccc(F)c1. The van der Waals surface area contributed by atoms with Gasteiger partial charge in [0.15, 0.2) is 6.10 Å². The molecule has 0 bridgehead atoms. The van der Waals surface area contributed by atoms with Crippen LogP contribution in [0.5, 0.6) is 0 Å². The molecule has 1 aliphatic heterocycles. The van der Waals surface area contributed by atoms with Crippen molar-refractivity contribution in [2.75, 3.05) is 18.4 Å². The maximum atomic E-state index is 13.2. The first kappa shape index (κ1) is 22.2. The van der Waals surface area contributed by atoms with E-state index in [1.54, 1.807) is 0 Å². The number of rotatable bonds is 6. The molecule has 7 nitrogen and oxygen atoms in total. The second-order valence-electron chi connectivity index (χ2n) is 6.80. The van der Waals surface area contributed by atoms with E-state index in [0.29, 0.717) is 13.1 Å². The molecule has 160 valence electrons. The molecule has 2 aromatic rings. The Labute approximate surface area is 178 Å². The number of anilines is 1. The van der Waals surface area contributed by atoms with Crippen LogP contribution in [0.15, 0.2) is 47.4 Å². The minimum Gasteiger partial charge on any atom is -0.449 e. The van der Waals surface area contributed by atoms with Gasteiger partial charge in [0.2, 0.25) is 10.0 Å². The van der Waals surface area contributed by atoms with Crippen LogP contribution < -0.4 is 5.32 Å². The molecule has 10 heteroatoms. The quantitative estimate of drug-likeness (QED) is 0.675. The third-order valence-electron chi connectivity index (χ3n) is 4.61. The molecular weight excluding hydrogens is 435 g/mol. The minimum atomic E-state index is -3.75. The van der Waals surface area contributed by atoms with Gasteiger partial charge in [-0.15, -0.1) is 0 Å². The van der Waals surface area contributed by atoms with Crippen molar-refractivity contribution in [1.82, 2.24) is 4.31 Å². The number of ether oxygens (including phenoxy) is 1. The van der Waals surface area contributed by atoms with Gasteiger partial charge in [-0.05, 0) is 56.2 Å². The molecule has 1 heterocycles. The first-order valence-electron chi connectivity index (χ1n) is 9.25. The maximum Gasteiger partial charge on any atom is 0.340 e. The van der Waals surface area contributed by atoms with Crippen molar-refractivity contribution in [2.45, 2.75) is 30.8 Å². The highest BCUT2D eigenvalue weighted by Crippen LogP contribution is 2.26. The second kappa shape index (κ2) is 9.11. The molecule has 0 radical (unpaired) electrons. The van der Waals surface area contributed by atoms with Crippen molar-refractivity contribution in [3.05, 3.63) is 58.9 Å². The number of hydrogen-bond donors (Lipinski definition) is 1. The monoisotopic (exact) mass is 454 g/mol. The molecule has 1 unspecified atom stereocenters. The molecule has 1 aliphatic rings. The molecule has 0 aliphatic carbocycles. The van der Waals surface area contributed by atoms with Gasteiger partial charge in [-0.1, -0.05) is 17.7 Å². The zero-order valence-electron chi connectivity index (χ0n) is 16.1. The topological polar surface area (TPSA) is 92.8 Å². The van der Waals surface area contributed by atoms with Crippen LogP contribution in [0.1, 0.15) is 30.1 Å². The maximum absolute atomic E-state index is 13.2. The average Bonchev–Trinajstić information content (AvgIpc) is 3.23. The fourth-order valence-electron chi connectivity index (χ4n) is 2.99. The van der Waals surface area contributed by atoms with Crippen molar-refractivity contribution in [2.24, 2.45) is 0 Å². The summed E-state index contributed by atoms with van der Waals surface area (Å²) in [5, 5.41) is 2.43. The number of carbonyl (C=O) groups excluding carboxylic acids is 2. The number of benzene rings is 2. The van der Waals surface area contributed by atoms with Crippen LogP contribution >= 0.6 is 11.6 Å². The van der Waals surface area contributed by atoms with E-state index in [9.17, 15) is 22.4 Å². The highest BCUT2D eigenvalue weighted by atomic mass is 35.5. The summed E-state index contributed by atoms with van der Waals surface area (Å²) in [6.45, 7) is 2.18. The van der Waals surface area contributed by atoms with E-state index in [1.807, 2.05) is 0 Å². The van der Waals surface area contributed by atoms with Gasteiger partial charge in [0.25, 0.3) is 5.91 Å². The summed E-state index contributed by atoms with van der Waals surface area (Å²) in [5.41, 5.74) is 0.0435. The predicted octanol–water partition coefficient (Wildman–Crippen LogP) is 3.45. The van der Waals surface area contributed by atoms with Crippen LogP contribution in [0.3, 0.4) is 0 Å². The molecule has 1 fully saturated rings. The molecule has 2 aromatic carbocycles. The Bertz CT molecular complexity index is 1070. The van der Waals surface area contributed by atoms with Gasteiger partial charge in [0, 0.05) is 18.8 Å². The van der Waals surface area contributed by atoms with E-state index in [4.69, 9.17) is 16.3 Å². The normalized spacial score (nSPS) is 15.6. The summed E-state index contributed by atoms with van der Waals surface area (Å²) < 4.78 is 45.2. The Morgan fingerprint density at radius 3 is 2.53 bits per heavy atom. The number of nitrogens with one attached hydrogen (secondary N) is 1. The zero-order chi connectivity index (χ0) is 21.9. The Morgan fingerprint density at radius 2 is 1.87 bits per heavy atom. The zero-order valence-corrected chi connectivity index (χ0v) is 17.7. The van der Waals surface area contributed by atoms with Gasteiger partial charge >= 0.3 is 5.97 Å². The lowest BCUT2D eigenvalue weighted by molar-refractivity contribution is -0.123. The van der Waals surface area contributed by atoms with Crippen molar-refractivity contribution >= 4 is 39.2 Å². The van der Waals surface area contributed by atoms with Gasteiger partial charge in [-0.25, -0.2) is 17.6 Å². The number of carbonyl (C=O) groups is 2. The molecule has 1 atom stereocenters. The van der Waals surface area contributed by atoms with E-state index >= 15 is 0 Å². The van der Waals surface area contributed by atoms with Crippen molar-refractivity contribution in [3.63, 3.8) is 0 Å². The highest BCUT2D eigenvalue weighted by Gasteiger charge is 2.29. The molecule has 3 rings (SSSR count). The number of halogens is 2. The summed E-state index contributed by atoms with van der Waals surface area (Å²) in [7, 11) is -3.75. The van der Waals surface area contributed by atoms with Crippen LogP contribution in [0.2, 0.25) is 5.02 Å². The van der Waals surface area contributed by atoms with Gasteiger partial charge in [0.1, 0.15) is 5.82 Å². The van der Waals surface area contributed by atoms with E-state index in [0.717, 1.165) is 25.0 Å². The number of hydrogen-bond acceptors (Lipinski definition) is 5. The molecule has 30 heavy (non-hydrogen) atoms. The van der Waals surface area contributed by atoms with E-state index in [-0.39, 0.29) is 21.2 Å². The molecular formula is C20H20ClFN2O5S. The first-order chi connectivity index (χ1) is 14.2. The molecule has 0 aromatic heterocycles. The third-order valence-corrected chi connectivity index (χ3v) is 6.83. The number of amides is 1. The molecule has 1 saturated heterocycles. The molecule has 1 amide bonds. The summed E-state index contributed by atoms with van der Waals surface area (Å²) >= 11 is 6.06. The summed E-state index contributed by atoms with van der Waals surface area (Å²) in [4.78, 5) is 24.7. The number of nitrogens with zero attached hydrogens (tertiary/aromatic N) is 1. The van der Waals surface area contributed by atoms with Crippen LogP contribution in [0.25, 0.3) is 0 Å². The van der Waals surface area contributed by atoms with Gasteiger partial charge in [0.05, 0.1) is 15.5 Å². The summed E-state index contributed by atoms with van der Waals surface area (Å²) in [6, 6.07) is 9.04. The van der Waals surface area contributed by atoms with E-state index in [1.165, 1.54) is 41.6 Å². The second-order valence-corrected chi connectivity index (χ2v) is 9.15. The average molecular weight is 455 g/mol. The van der Waals surface area contributed by atoms with Crippen LogP contribution in [-0.2, 0) is 19.6 Å². The first-order valence-corrected chi connectivity index (χ1v) is 11.1. The van der Waals surface area contributed by atoms with Crippen molar-refractivity contribution in [1.29, 1.82) is 0 Å². The summed E-state index contributed by atoms with van der Waals surface area (Å²) in [6.07, 6.45) is 0.329. The predicted molar refractivity (Wildman–Crippen MR) is 109 cm³/mol. The van der Waals surface area contributed by atoms with E-state index in [2.05, 4.69) is 5.32 Å². The van der Waals surface area contributed by atoms with E-state index < -0.39 is 33.8 Å². The lowest BCUT2D eigenvalue weighted by Crippen LogP contribution is -2.30. The lowest BCUT2D eigenvalue weighted by Gasteiger charge is -2.17. The molecule has 1 N–H and O–H groups in total. The number of esters is 1. The van der Waals surface area contributed by atoms with Crippen LogP contribution in [0, 0.1) is 5.82 Å². The van der Waals surface area contributed by atoms with Crippen molar-refractivity contribution < 1.29 is 27.1 Å². The Kier molecular flexibility index (Phi) is 6.74. The number of sulfonamides is 1. The van der Waals surface area contributed by atoms with Crippen LogP contribution in [0.4, 0.5) is 10.1 Å². The van der Waals surface area contributed by atoms with Gasteiger partial charge in [-0.2, -0.15) is 4.31 Å². The minimum absolute atomic E-state index is 0.00175. The Morgan fingerprint density at radius 1 is 1.17 bits per heavy atom. The van der Waals surface area contributed by atoms with Gasteiger partial charge < -0.3 is 10.1 Å². The Balaban J connectivity index is 1.73. The summed E-state index contributed by atoms with van der Waals surface area (Å²) in [5.74, 6) is -2.15. The fourth-order valence-corrected chi connectivity index (χ4v) is 4.73. The standard InChI is InChI=1S/C20H20ClFN2O5S/c1-13(19(25)23-15-6-4-5-14(22)11-15)29-20(26)17-12-16(7-8-18(17)21)30(27,28)24-9-2-3-10-24/h4-8,11-13H,2-3,9-10H2,1H3,(H,23,25). The largest absolute Gasteiger partial charge is 0.449 e. The van der Waals surface area contributed by atoms with Crippen LogP contribution in [-0.4, -0.2) is 43.8 Å². The Hall–Kier alpha value is -2.49. The fraction of sp³-hybridized carbons (Fsp3) is 0.300. The van der Waals surface area contributed by atoms with Gasteiger partial charge in [-0.3, -0.25) is 4.79 Å². The third kappa shape index (κ3) is 4.97. The molecule has 0 saturated carbocycles. The molecule has 0 spiro atoms. The van der Waals surface area contributed by atoms with Crippen molar-refractivity contribution in [3.8, 4) is 0 Å². The smallest absolute Gasteiger partial charge is 0.340 e.